The molecule has 0 aliphatic carbocycles. The Labute approximate surface area is 130 Å². The van der Waals surface area contributed by atoms with Gasteiger partial charge in [0.15, 0.2) is 17.3 Å². The number of benzene rings is 1. The highest BCUT2D eigenvalue weighted by Crippen LogP contribution is 2.27. The molecule has 0 aromatic heterocycles. The van der Waals surface area contributed by atoms with E-state index in [2.05, 4.69) is 0 Å². The first-order chi connectivity index (χ1) is 10.3. The first-order valence-corrected chi connectivity index (χ1v) is 7.12. The third-order valence-corrected chi connectivity index (χ3v) is 3.04. The highest BCUT2D eigenvalue weighted by atomic mass is 16.5. The van der Waals surface area contributed by atoms with E-state index in [1.807, 2.05) is 13.8 Å². The van der Waals surface area contributed by atoms with Crippen molar-refractivity contribution in [2.75, 3.05) is 13.7 Å². The molecule has 22 heavy (non-hydrogen) atoms. The highest BCUT2D eigenvalue weighted by molar-refractivity contribution is 6.19. The van der Waals surface area contributed by atoms with Crippen molar-refractivity contribution in [3.8, 4) is 11.5 Å². The Balaban J connectivity index is 2.94. The number of phenolic OH excluding ortho intramolecular Hbond substituents is 1. The number of Topliss-reactive ketones (excluding diaryl/α,β-unsaturated/α-hetero) is 1. The van der Waals surface area contributed by atoms with Gasteiger partial charge in [0.25, 0.3) is 0 Å². The van der Waals surface area contributed by atoms with Crippen LogP contribution in [0.1, 0.15) is 32.8 Å². The van der Waals surface area contributed by atoms with Gasteiger partial charge in [-0.1, -0.05) is 19.9 Å². The number of hydrogen-bond acceptors (Lipinski definition) is 5. The molecule has 0 heterocycles. The zero-order valence-electron chi connectivity index (χ0n) is 13.4. The Bertz CT molecular complexity index is 572. The third-order valence-electron chi connectivity index (χ3n) is 3.04. The average Bonchev–Trinajstić information content (AvgIpc) is 2.45. The number of esters is 1. The van der Waals surface area contributed by atoms with Gasteiger partial charge >= 0.3 is 5.97 Å². The maximum atomic E-state index is 12.0. The van der Waals surface area contributed by atoms with Gasteiger partial charge in [0, 0.05) is 0 Å². The summed E-state index contributed by atoms with van der Waals surface area (Å²) in [6, 6.07) is 4.56. The van der Waals surface area contributed by atoms with E-state index >= 15 is 0 Å². The van der Waals surface area contributed by atoms with Gasteiger partial charge in [-0.15, -0.1) is 0 Å². The number of aromatic hydroxyl groups is 1. The Kier molecular flexibility index (Phi) is 6.63. The average molecular weight is 306 g/mol. The monoisotopic (exact) mass is 306 g/mol. The topological polar surface area (TPSA) is 72.8 Å². The Morgan fingerprint density at radius 3 is 2.55 bits per heavy atom. The summed E-state index contributed by atoms with van der Waals surface area (Å²) in [5.74, 6) is -0.339. The van der Waals surface area contributed by atoms with Gasteiger partial charge in [0.05, 0.1) is 13.7 Å². The molecule has 1 rings (SSSR count). The number of hydrogen-bond donors (Lipinski definition) is 1. The quantitative estimate of drug-likeness (QED) is 0.363. The molecule has 0 radical (unpaired) electrons. The van der Waals surface area contributed by atoms with E-state index in [-0.39, 0.29) is 29.5 Å². The molecule has 1 N–H and O–H groups in total. The molecule has 0 saturated heterocycles. The number of carbonyl (C=O) groups is 2. The molecular formula is C17H22O5. The largest absolute Gasteiger partial charge is 0.504 e. The van der Waals surface area contributed by atoms with Gasteiger partial charge in [-0.25, -0.2) is 4.79 Å². The molecule has 0 saturated carbocycles. The molecule has 120 valence electrons. The molecule has 0 aliphatic rings. The normalized spacial score (nSPS) is 11.4. The maximum absolute atomic E-state index is 12.0. The fraction of sp³-hybridized carbons (Fsp3) is 0.412. The third kappa shape index (κ3) is 5.24. The zero-order valence-corrected chi connectivity index (χ0v) is 13.4. The second-order valence-corrected chi connectivity index (χ2v) is 5.36. The van der Waals surface area contributed by atoms with Gasteiger partial charge < -0.3 is 14.6 Å². The van der Waals surface area contributed by atoms with Crippen LogP contribution in [0.2, 0.25) is 0 Å². The lowest BCUT2D eigenvalue weighted by molar-refractivity contribution is -0.140. The molecule has 0 atom stereocenters. The molecule has 0 bridgehead atoms. The molecule has 1 aromatic carbocycles. The van der Waals surface area contributed by atoms with E-state index in [4.69, 9.17) is 9.47 Å². The minimum atomic E-state index is -0.639. The van der Waals surface area contributed by atoms with Crippen LogP contribution < -0.4 is 4.74 Å². The van der Waals surface area contributed by atoms with Crippen LogP contribution in [0.3, 0.4) is 0 Å². The van der Waals surface area contributed by atoms with Gasteiger partial charge in [-0.3, -0.25) is 4.79 Å². The van der Waals surface area contributed by atoms with Crippen molar-refractivity contribution >= 4 is 17.8 Å². The Morgan fingerprint density at radius 1 is 1.32 bits per heavy atom. The number of carbonyl (C=O) groups excluding carboxylic acids is 2. The second kappa shape index (κ2) is 8.22. The summed E-state index contributed by atoms with van der Waals surface area (Å²) in [5, 5.41) is 9.55. The van der Waals surface area contributed by atoms with Crippen LogP contribution in [0.15, 0.2) is 23.8 Å². The van der Waals surface area contributed by atoms with Crippen LogP contribution in [0.25, 0.3) is 6.08 Å². The van der Waals surface area contributed by atoms with Gasteiger partial charge in [-0.2, -0.15) is 0 Å². The zero-order chi connectivity index (χ0) is 16.7. The maximum Gasteiger partial charge on any atom is 0.341 e. The number of methoxy groups -OCH3 is 1. The number of ether oxygens (including phenoxy) is 2. The van der Waals surface area contributed by atoms with Crippen LogP contribution in [-0.4, -0.2) is 30.6 Å². The van der Waals surface area contributed by atoms with Crippen LogP contribution in [0.4, 0.5) is 0 Å². The van der Waals surface area contributed by atoms with E-state index in [1.165, 1.54) is 26.2 Å². The summed E-state index contributed by atoms with van der Waals surface area (Å²) in [6.45, 7) is 5.64. The summed E-state index contributed by atoms with van der Waals surface area (Å²) < 4.78 is 10.1. The van der Waals surface area contributed by atoms with Crippen molar-refractivity contribution in [3.05, 3.63) is 29.3 Å². The number of phenols is 1. The van der Waals surface area contributed by atoms with Gasteiger partial charge in [0.2, 0.25) is 0 Å². The smallest absolute Gasteiger partial charge is 0.341 e. The highest BCUT2D eigenvalue weighted by Gasteiger charge is 2.16. The molecule has 0 aliphatic heterocycles. The minimum Gasteiger partial charge on any atom is -0.504 e. The van der Waals surface area contributed by atoms with E-state index in [0.29, 0.717) is 11.5 Å². The molecular weight excluding hydrogens is 284 g/mol. The molecule has 0 fully saturated rings. The molecule has 5 heteroatoms. The van der Waals surface area contributed by atoms with E-state index in [0.717, 1.165) is 6.42 Å². The van der Waals surface area contributed by atoms with Crippen LogP contribution in [-0.2, 0) is 14.3 Å². The summed E-state index contributed by atoms with van der Waals surface area (Å²) >= 11 is 0. The van der Waals surface area contributed by atoms with Crippen molar-refractivity contribution in [3.63, 3.8) is 0 Å². The number of rotatable bonds is 7. The molecule has 0 spiro atoms. The van der Waals surface area contributed by atoms with Crippen molar-refractivity contribution in [2.45, 2.75) is 27.2 Å². The first kappa shape index (κ1) is 17.8. The fourth-order valence-corrected chi connectivity index (χ4v) is 1.72. The second-order valence-electron chi connectivity index (χ2n) is 5.36. The van der Waals surface area contributed by atoms with Crippen LogP contribution >= 0.6 is 0 Å². The summed E-state index contributed by atoms with van der Waals surface area (Å²) in [7, 11) is 1.43. The van der Waals surface area contributed by atoms with Gasteiger partial charge in [0.1, 0.15) is 5.57 Å². The predicted molar refractivity (Wildman–Crippen MR) is 83.7 cm³/mol. The fourth-order valence-electron chi connectivity index (χ4n) is 1.72. The molecule has 0 unspecified atom stereocenters. The van der Waals surface area contributed by atoms with E-state index in [9.17, 15) is 14.7 Å². The van der Waals surface area contributed by atoms with Crippen molar-refractivity contribution in [2.24, 2.45) is 5.92 Å². The molecule has 1 aromatic rings. The minimum absolute atomic E-state index is 0.0106. The summed E-state index contributed by atoms with van der Waals surface area (Å²) in [5.41, 5.74) is 0.539. The Morgan fingerprint density at radius 2 is 2.00 bits per heavy atom. The lowest BCUT2D eigenvalue weighted by Crippen LogP contribution is -2.15. The lowest BCUT2D eigenvalue weighted by atomic mass is 10.1. The van der Waals surface area contributed by atoms with Crippen molar-refractivity contribution in [1.29, 1.82) is 0 Å². The van der Waals surface area contributed by atoms with E-state index < -0.39 is 5.97 Å². The SMILES string of the molecule is COc1cc(C=C(C(C)=O)C(=O)OCCC(C)C)ccc1O. The summed E-state index contributed by atoms with van der Waals surface area (Å²) in [4.78, 5) is 23.7. The Hall–Kier alpha value is -2.30. The lowest BCUT2D eigenvalue weighted by Gasteiger charge is -2.08. The van der Waals surface area contributed by atoms with Crippen LogP contribution in [0.5, 0.6) is 11.5 Å². The van der Waals surface area contributed by atoms with Crippen LogP contribution in [0, 0.1) is 5.92 Å². The molecule has 5 nitrogen and oxygen atoms in total. The number of ketones is 1. The van der Waals surface area contributed by atoms with Crippen molar-refractivity contribution < 1.29 is 24.2 Å². The summed E-state index contributed by atoms with van der Waals surface area (Å²) in [6.07, 6.45) is 2.17. The first-order valence-electron chi connectivity index (χ1n) is 7.12. The molecule has 0 amide bonds. The van der Waals surface area contributed by atoms with E-state index in [1.54, 1.807) is 12.1 Å². The predicted octanol–water partition coefficient (Wildman–Crippen LogP) is 2.96. The standard InChI is InChI=1S/C17H22O5/c1-11(2)7-8-22-17(20)14(12(3)18)9-13-5-6-15(19)16(10-13)21-4/h5-6,9-11,19H,7-8H2,1-4H3. The van der Waals surface area contributed by atoms with Crippen molar-refractivity contribution in [1.82, 2.24) is 0 Å². The van der Waals surface area contributed by atoms with Gasteiger partial charge in [-0.05, 0) is 43.0 Å².